The van der Waals surface area contributed by atoms with Crippen LogP contribution in [0.15, 0.2) is 66.7 Å². The largest absolute Gasteiger partial charge is 0.299 e. The molecule has 2 atom stereocenters. The fourth-order valence-corrected chi connectivity index (χ4v) is 6.56. The summed E-state index contributed by atoms with van der Waals surface area (Å²) >= 11 is 0. The molecule has 0 aromatic heterocycles. The zero-order chi connectivity index (χ0) is 23.9. The minimum absolute atomic E-state index is 0.195. The molecule has 7 nitrogen and oxygen atoms in total. The van der Waals surface area contributed by atoms with Crippen LogP contribution in [0, 0.1) is 28.9 Å². The first-order chi connectivity index (χ1) is 16.3. The standard InChI is InChI=1S/C27H20N2O5/c1-14-11-12-16(29(33)34)13-21(14)28-25(31)23-22-17-7-3-5-9-19(17)27(15(2)30,24(23)26(28)32)20-10-6-4-8-18(20)22/h3-13,22-24H,1-2H3/t22?,23-,24-,27?/m0/s1. The maximum Gasteiger partial charge on any atom is 0.271 e. The van der Waals surface area contributed by atoms with Crippen molar-refractivity contribution < 1.29 is 19.3 Å². The number of rotatable bonds is 3. The van der Waals surface area contributed by atoms with E-state index in [4.69, 9.17) is 0 Å². The molecule has 1 saturated heterocycles. The van der Waals surface area contributed by atoms with Crippen LogP contribution >= 0.6 is 0 Å². The van der Waals surface area contributed by atoms with E-state index in [2.05, 4.69) is 0 Å². The molecule has 1 heterocycles. The number of amides is 2. The monoisotopic (exact) mass is 452 g/mol. The molecular formula is C27H20N2O5. The summed E-state index contributed by atoms with van der Waals surface area (Å²) in [5, 5.41) is 11.4. The van der Waals surface area contributed by atoms with Crippen LogP contribution < -0.4 is 4.90 Å². The van der Waals surface area contributed by atoms with E-state index in [9.17, 15) is 24.5 Å². The number of hydrogen-bond donors (Lipinski definition) is 0. The number of carbonyl (C=O) groups is 3. The Morgan fingerprint density at radius 2 is 1.53 bits per heavy atom. The van der Waals surface area contributed by atoms with Gasteiger partial charge in [0.2, 0.25) is 11.8 Å². The van der Waals surface area contributed by atoms with E-state index in [1.165, 1.54) is 25.1 Å². The highest BCUT2D eigenvalue weighted by Gasteiger charge is 2.70. The lowest BCUT2D eigenvalue weighted by Crippen LogP contribution is -2.57. The van der Waals surface area contributed by atoms with E-state index in [0.717, 1.165) is 27.2 Å². The van der Waals surface area contributed by atoms with Crippen LogP contribution in [0.2, 0.25) is 0 Å². The van der Waals surface area contributed by atoms with Gasteiger partial charge in [-0.2, -0.15) is 0 Å². The molecule has 0 N–H and O–H groups in total. The second kappa shape index (κ2) is 6.70. The quantitative estimate of drug-likeness (QED) is 0.339. The number of imide groups is 1. The van der Waals surface area contributed by atoms with Gasteiger partial charge < -0.3 is 0 Å². The normalized spacial score (nSPS) is 26.2. The molecule has 1 aliphatic heterocycles. The summed E-state index contributed by atoms with van der Waals surface area (Å²) in [6.45, 7) is 3.19. The summed E-state index contributed by atoms with van der Waals surface area (Å²) in [5.74, 6) is -3.15. The SMILES string of the molecule is CC(=O)C12c3ccccc3C(c3ccccc31)[C@@H]1C(=O)N(c3cc([N+](=O)[O-])ccc3C)C(=O)[C@H]12. The maximum atomic E-state index is 14.1. The predicted molar refractivity (Wildman–Crippen MR) is 123 cm³/mol. The summed E-state index contributed by atoms with van der Waals surface area (Å²) < 4.78 is 0. The van der Waals surface area contributed by atoms with Gasteiger partial charge in [0, 0.05) is 18.1 Å². The molecule has 2 bridgehead atoms. The van der Waals surface area contributed by atoms with Gasteiger partial charge in [0.15, 0.2) is 0 Å². The minimum atomic E-state index is -1.29. The number of nitro groups is 1. The summed E-state index contributed by atoms with van der Waals surface area (Å²) in [7, 11) is 0. The molecule has 3 aromatic rings. The van der Waals surface area contributed by atoms with Gasteiger partial charge in [0.05, 0.1) is 27.9 Å². The van der Waals surface area contributed by atoms with Gasteiger partial charge in [-0.25, -0.2) is 4.90 Å². The van der Waals surface area contributed by atoms with Gasteiger partial charge in [0.1, 0.15) is 5.78 Å². The highest BCUT2D eigenvalue weighted by atomic mass is 16.6. The molecule has 0 spiro atoms. The first-order valence-corrected chi connectivity index (χ1v) is 11.1. The highest BCUT2D eigenvalue weighted by molar-refractivity contribution is 6.26. The molecule has 2 amide bonds. The molecule has 0 unspecified atom stereocenters. The zero-order valence-corrected chi connectivity index (χ0v) is 18.5. The summed E-state index contributed by atoms with van der Waals surface area (Å²) in [4.78, 5) is 53.6. The van der Waals surface area contributed by atoms with E-state index < -0.39 is 34.0 Å². The van der Waals surface area contributed by atoms with Crippen molar-refractivity contribution in [3.8, 4) is 0 Å². The van der Waals surface area contributed by atoms with Crippen LogP contribution in [-0.2, 0) is 19.8 Å². The smallest absolute Gasteiger partial charge is 0.271 e. The molecule has 4 aliphatic rings. The number of nitrogens with zero attached hydrogens (tertiary/aromatic N) is 2. The lowest BCUT2D eigenvalue weighted by molar-refractivity contribution is -0.384. The second-order valence-electron chi connectivity index (χ2n) is 9.26. The van der Waals surface area contributed by atoms with Crippen LogP contribution in [0.25, 0.3) is 0 Å². The van der Waals surface area contributed by atoms with Crippen molar-refractivity contribution >= 4 is 29.0 Å². The Hall–Kier alpha value is -4.13. The zero-order valence-electron chi connectivity index (χ0n) is 18.5. The van der Waals surface area contributed by atoms with Crippen molar-refractivity contribution in [3.05, 3.63) is 105 Å². The molecular weight excluding hydrogens is 432 g/mol. The fraction of sp³-hybridized carbons (Fsp3) is 0.222. The van der Waals surface area contributed by atoms with E-state index in [-0.39, 0.29) is 23.1 Å². The Balaban J connectivity index is 1.65. The Morgan fingerprint density at radius 3 is 2.09 bits per heavy atom. The molecule has 3 aromatic carbocycles. The number of aryl methyl sites for hydroxylation is 1. The van der Waals surface area contributed by atoms with E-state index in [0.29, 0.717) is 5.56 Å². The maximum absolute atomic E-state index is 14.1. The van der Waals surface area contributed by atoms with Crippen LogP contribution in [0.5, 0.6) is 0 Å². The van der Waals surface area contributed by atoms with Crippen molar-refractivity contribution in [3.63, 3.8) is 0 Å². The number of carbonyl (C=O) groups excluding carboxylic acids is 3. The Labute approximate surface area is 195 Å². The second-order valence-corrected chi connectivity index (χ2v) is 9.26. The number of anilines is 1. The van der Waals surface area contributed by atoms with Gasteiger partial charge in [-0.15, -0.1) is 0 Å². The van der Waals surface area contributed by atoms with Crippen molar-refractivity contribution in [1.82, 2.24) is 0 Å². The Bertz CT molecular complexity index is 1410. The lowest BCUT2D eigenvalue weighted by atomic mass is 9.46. The third-order valence-electron chi connectivity index (χ3n) is 7.82. The third kappa shape index (κ3) is 2.24. The Morgan fingerprint density at radius 1 is 0.941 bits per heavy atom. The molecule has 34 heavy (non-hydrogen) atoms. The molecule has 0 saturated carbocycles. The minimum Gasteiger partial charge on any atom is -0.299 e. The van der Waals surface area contributed by atoms with Crippen LogP contribution in [0.4, 0.5) is 11.4 Å². The van der Waals surface area contributed by atoms with E-state index >= 15 is 0 Å². The number of nitro benzene ring substituents is 1. The van der Waals surface area contributed by atoms with Crippen LogP contribution in [-0.4, -0.2) is 22.5 Å². The molecule has 1 fully saturated rings. The number of Topliss-reactive ketones (excluding diaryl/α,β-unsaturated/α-hetero) is 1. The summed E-state index contributed by atoms with van der Waals surface area (Å²) in [6, 6.07) is 19.3. The molecule has 168 valence electrons. The van der Waals surface area contributed by atoms with Gasteiger partial charge in [0.25, 0.3) is 5.69 Å². The molecule has 0 radical (unpaired) electrons. The van der Waals surface area contributed by atoms with E-state index in [1.807, 2.05) is 48.5 Å². The van der Waals surface area contributed by atoms with Crippen molar-refractivity contribution in [2.24, 2.45) is 11.8 Å². The first kappa shape index (κ1) is 20.5. The highest BCUT2D eigenvalue weighted by Crippen LogP contribution is 2.64. The van der Waals surface area contributed by atoms with Crippen molar-refractivity contribution in [2.45, 2.75) is 25.2 Å². The number of non-ortho nitro benzene ring substituents is 1. The fourth-order valence-electron chi connectivity index (χ4n) is 6.56. The Kier molecular flexibility index (Phi) is 4.03. The molecule has 7 heteroatoms. The number of hydrogen-bond acceptors (Lipinski definition) is 5. The molecule has 3 aliphatic carbocycles. The lowest BCUT2D eigenvalue weighted by Gasteiger charge is -2.52. The van der Waals surface area contributed by atoms with Crippen LogP contribution in [0.3, 0.4) is 0 Å². The predicted octanol–water partition coefficient (Wildman–Crippen LogP) is 4.04. The average Bonchev–Trinajstić information content (AvgIpc) is 3.10. The first-order valence-electron chi connectivity index (χ1n) is 11.1. The van der Waals surface area contributed by atoms with E-state index in [1.54, 1.807) is 6.92 Å². The van der Waals surface area contributed by atoms with Gasteiger partial charge in [-0.05, 0) is 41.7 Å². The van der Waals surface area contributed by atoms with Crippen molar-refractivity contribution in [1.29, 1.82) is 0 Å². The van der Waals surface area contributed by atoms with Gasteiger partial charge >= 0.3 is 0 Å². The topological polar surface area (TPSA) is 97.6 Å². The average molecular weight is 452 g/mol. The number of ketones is 1. The summed E-state index contributed by atoms with van der Waals surface area (Å²) in [5.41, 5.74) is 2.59. The third-order valence-corrected chi connectivity index (χ3v) is 7.82. The van der Waals surface area contributed by atoms with Gasteiger partial charge in [-0.1, -0.05) is 54.6 Å². The van der Waals surface area contributed by atoms with Crippen LogP contribution in [0.1, 0.15) is 40.7 Å². The van der Waals surface area contributed by atoms with Crippen molar-refractivity contribution in [2.75, 3.05) is 4.90 Å². The summed E-state index contributed by atoms with van der Waals surface area (Å²) in [6.07, 6.45) is 0. The molecule has 7 rings (SSSR count). The number of benzene rings is 3. The van der Waals surface area contributed by atoms with Gasteiger partial charge in [-0.3, -0.25) is 24.5 Å².